The summed E-state index contributed by atoms with van der Waals surface area (Å²) in [6.45, 7) is 0.0720. The van der Waals surface area contributed by atoms with Gasteiger partial charge in [0.1, 0.15) is 12.4 Å². The lowest BCUT2D eigenvalue weighted by molar-refractivity contribution is 0.246. The fraction of sp³-hybridized carbons (Fsp3) is 0.111. The molecule has 1 aromatic heterocycles. The number of benzene rings is 2. The molecule has 2 amide bonds. The minimum atomic E-state index is -0.679. The van der Waals surface area contributed by atoms with Crippen LogP contribution in [0.25, 0.3) is 5.69 Å². The molecule has 0 radical (unpaired) electrons. The van der Waals surface area contributed by atoms with Crippen LogP contribution in [0.15, 0.2) is 54.7 Å². The van der Waals surface area contributed by atoms with Crippen molar-refractivity contribution in [1.29, 1.82) is 0 Å². The fourth-order valence-corrected chi connectivity index (χ4v) is 2.69. The second kappa shape index (κ2) is 8.61. The number of anilines is 1. The number of hydrogen-bond acceptors (Lipinski definition) is 6. The molecule has 0 fully saturated rings. The van der Waals surface area contributed by atoms with Crippen molar-refractivity contribution in [1.82, 2.24) is 15.2 Å². The van der Waals surface area contributed by atoms with Crippen molar-refractivity contribution in [3.05, 3.63) is 65.3 Å². The van der Waals surface area contributed by atoms with Gasteiger partial charge < -0.3 is 9.47 Å². The molecule has 9 nitrogen and oxygen atoms in total. The molecule has 0 aliphatic carbocycles. The van der Waals surface area contributed by atoms with Crippen LogP contribution >= 0.6 is 11.6 Å². The summed E-state index contributed by atoms with van der Waals surface area (Å²) in [5.41, 5.74) is 3.78. The molecule has 3 aromatic rings. The first-order valence-electron chi connectivity index (χ1n) is 8.19. The summed E-state index contributed by atoms with van der Waals surface area (Å²) < 4.78 is 12.8. The molecule has 0 atom stereocenters. The van der Waals surface area contributed by atoms with Crippen LogP contribution in [0.4, 0.5) is 10.5 Å². The zero-order valence-electron chi connectivity index (χ0n) is 15.0. The first-order chi connectivity index (χ1) is 13.5. The van der Waals surface area contributed by atoms with Crippen molar-refractivity contribution in [3.63, 3.8) is 0 Å². The predicted octanol–water partition coefficient (Wildman–Crippen LogP) is 2.38. The van der Waals surface area contributed by atoms with E-state index in [1.165, 1.54) is 7.11 Å². The highest BCUT2D eigenvalue weighted by molar-refractivity contribution is 6.30. The first-order valence-corrected chi connectivity index (χ1v) is 8.57. The number of halogens is 1. The molecular formula is C18H19ClN6O3. The summed E-state index contributed by atoms with van der Waals surface area (Å²) in [7, 11) is 1.52. The van der Waals surface area contributed by atoms with Gasteiger partial charge in [0.2, 0.25) is 5.88 Å². The average molecular weight is 403 g/mol. The summed E-state index contributed by atoms with van der Waals surface area (Å²) in [5.74, 6) is 11.9. The Bertz CT molecular complexity index is 960. The van der Waals surface area contributed by atoms with Gasteiger partial charge in [0.05, 0.1) is 24.0 Å². The second-order valence-electron chi connectivity index (χ2n) is 5.64. The molecule has 5 N–H and O–H groups in total. The minimum Gasteiger partial charge on any atom is -0.496 e. The van der Waals surface area contributed by atoms with Crippen LogP contribution in [-0.4, -0.2) is 22.9 Å². The van der Waals surface area contributed by atoms with E-state index in [4.69, 9.17) is 32.8 Å². The fourth-order valence-electron chi connectivity index (χ4n) is 2.56. The molecule has 0 spiro atoms. The standard InChI is InChI=1S/C18H19ClN6O3/c1-27-16-4-2-3-15(25(21)18(26)22-20)14(16)11-28-17-9-10-24(23-17)13-7-5-12(19)6-8-13/h2-10H,11,20-21H2,1H3,(H,22,26). The molecular weight excluding hydrogens is 384 g/mol. The van der Waals surface area contributed by atoms with Gasteiger partial charge in [-0.3, -0.25) is 5.43 Å². The number of ether oxygens (including phenoxy) is 2. The van der Waals surface area contributed by atoms with Gasteiger partial charge in [-0.15, -0.1) is 5.10 Å². The number of aromatic nitrogens is 2. The minimum absolute atomic E-state index is 0.0720. The van der Waals surface area contributed by atoms with Gasteiger partial charge in [-0.2, -0.15) is 0 Å². The molecule has 3 rings (SSSR count). The molecule has 0 bridgehead atoms. The summed E-state index contributed by atoms with van der Waals surface area (Å²) in [6, 6.07) is 13.4. The Morgan fingerprint density at radius 2 is 2.00 bits per heavy atom. The monoisotopic (exact) mass is 402 g/mol. The van der Waals surface area contributed by atoms with Crippen LogP contribution in [0.1, 0.15) is 5.56 Å². The quantitative estimate of drug-likeness (QED) is 0.330. The molecule has 0 saturated carbocycles. The van der Waals surface area contributed by atoms with Gasteiger partial charge in [0, 0.05) is 17.3 Å². The first kappa shape index (κ1) is 19.5. The lowest BCUT2D eigenvalue weighted by Gasteiger charge is -2.21. The van der Waals surface area contributed by atoms with Gasteiger partial charge in [-0.05, 0) is 36.4 Å². The number of methoxy groups -OCH3 is 1. The highest BCUT2D eigenvalue weighted by Crippen LogP contribution is 2.29. The third kappa shape index (κ3) is 4.17. The molecule has 0 aliphatic rings. The van der Waals surface area contributed by atoms with E-state index in [9.17, 15) is 4.79 Å². The lowest BCUT2D eigenvalue weighted by Crippen LogP contribution is -2.48. The van der Waals surface area contributed by atoms with Gasteiger partial charge in [-0.1, -0.05) is 17.7 Å². The van der Waals surface area contributed by atoms with Crippen LogP contribution in [0.3, 0.4) is 0 Å². The maximum atomic E-state index is 11.8. The van der Waals surface area contributed by atoms with E-state index >= 15 is 0 Å². The molecule has 28 heavy (non-hydrogen) atoms. The van der Waals surface area contributed by atoms with Crippen molar-refractivity contribution in [2.75, 3.05) is 12.1 Å². The van der Waals surface area contributed by atoms with Crippen molar-refractivity contribution in [3.8, 4) is 17.3 Å². The molecule has 10 heteroatoms. The SMILES string of the molecule is COc1cccc(N(N)C(=O)NN)c1COc1ccn(-c2ccc(Cl)cc2)n1. The van der Waals surface area contributed by atoms with E-state index in [1.54, 1.807) is 47.3 Å². The molecule has 0 unspecified atom stereocenters. The highest BCUT2D eigenvalue weighted by Gasteiger charge is 2.18. The van der Waals surface area contributed by atoms with Crippen LogP contribution < -0.4 is 31.6 Å². The topological polar surface area (TPSA) is 121 Å². The van der Waals surface area contributed by atoms with E-state index in [2.05, 4.69) is 5.10 Å². The number of carbonyl (C=O) groups excluding carboxylic acids is 1. The van der Waals surface area contributed by atoms with Crippen LogP contribution in [0.2, 0.25) is 5.02 Å². The largest absolute Gasteiger partial charge is 0.496 e. The van der Waals surface area contributed by atoms with Crippen molar-refractivity contribution >= 4 is 23.3 Å². The van der Waals surface area contributed by atoms with Crippen molar-refractivity contribution in [2.24, 2.45) is 11.7 Å². The van der Waals surface area contributed by atoms with Gasteiger partial charge in [0.25, 0.3) is 0 Å². The van der Waals surface area contributed by atoms with E-state index < -0.39 is 6.03 Å². The lowest BCUT2D eigenvalue weighted by atomic mass is 10.1. The average Bonchev–Trinajstić information content (AvgIpc) is 3.20. The van der Waals surface area contributed by atoms with Gasteiger partial charge in [0.15, 0.2) is 0 Å². The van der Waals surface area contributed by atoms with Crippen LogP contribution in [0.5, 0.6) is 11.6 Å². The normalized spacial score (nSPS) is 10.4. The molecule has 1 heterocycles. The number of nitrogens with zero attached hydrogens (tertiary/aromatic N) is 3. The number of urea groups is 1. The highest BCUT2D eigenvalue weighted by atomic mass is 35.5. The summed E-state index contributed by atoms with van der Waals surface area (Å²) >= 11 is 5.91. The number of nitrogens with two attached hydrogens (primary N) is 2. The summed E-state index contributed by atoms with van der Waals surface area (Å²) in [4.78, 5) is 11.8. The molecule has 146 valence electrons. The third-order valence-corrected chi connectivity index (χ3v) is 4.20. The van der Waals surface area contributed by atoms with Crippen LogP contribution in [-0.2, 0) is 6.61 Å². The molecule has 0 saturated heterocycles. The Morgan fingerprint density at radius 3 is 2.68 bits per heavy atom. The number of nitrogens with one attached hydrogen (secondary N) is 1. The Balaban J connectivity index is 1.81. The van der Waals surface area contributed by atoms with E-state index in [0.717, 1.165) is 10.7 Å². The zero-order valence-corrected chi connectivity index (χ0v) is 15.8. The zero-order chi connectivity index (χ0) is 20.1. The maximum absolute atomic E-state index is 11.8. The van der Waals surface area contributed by atoms with Crippen LogP contribution in [0, 0.1) is 0 Å². The summed E-state index contributed by atoms with van der Waals surface area (Å²) in [5, 5.41) is 5.90. The Morgan fingerprint density at radius 1 is 1.25 bits per heavy atom. The van der Waals surface area contributed by atoms with Crippen molar-refractivity contribution < 1.29 is 14.3 Å². The second-order valence-corrected chi connectivity index (χ2v) is 6.08. The number of hydrazine groups is 2. The Kier molecular flexibility index (Phi) is 5.99. The smallest absolute Gasteiger partial charge is 0.350 e. The van der Waals surface area contributed by atoms with E-state index in [0.29, 0.717) is 27.9 Å². The maximum Gasteiger partial charge on any atom is 0.350 e. The molecule has 0 aliphatic heterocycles. The predicted molar refractivity (Wildman–Crippen MR) is 105 cm³/mol. The van der Waals surface area contributed by atoms with Gasteiger partial charge >= 0.3 is 6.03 Å². The third-order valence-electron chi connectivity index (χ3n) is 3.95. The Hall–Kier alpha value is -3.27. The van der Waals surface area contributed by atoms with E-state index in [1.807, 2.05) is 17.6 Å². The number of amides is 2. The summed E-state index contributed by atoms with van der Waals surface area (Å²) in [6.07, 6.45) is 1.76. The number of rotatable bonds is 6. The van der Waals surface area contributed by atoms with Crippen molar-refractivity contribution in [2.45, 2.75) is 6.61 Å². The van der Waals surface area contributed by atoms with E-state index in [-0.39, 0.29) is 6.61 Å². The number of hydrogen-bond donors (Lipinski definition) is 3. The van der Waals surface area contributed by atoms with Gasteiger partial charge in [-0.25, -0.2) is 26.2 Å². The molecule has 2 aromatic carbocycles. The Labute approximate surface area is 166 Å². The number of carbonyl (C=O) groups is 1.